The molecule has 0 aliphatic rings. The van der Waals surface area contributed by atoms with Gasteiger partial charge >= 0.3 is 0 Å². The number of fused-ring (bicyclic) bond motifs is 1. The Balaban J connectivity index is 0.000000396. The van der Waals surface area contributed by atoms with Gasteiger partial charge in [0.15, 0.2) is 5.09 Å². The lowest BCUT2D eigenvalue weighted by Crippen LogP contribution is -1.67. The molecule has 1 aromatic carbocycles. The number of rotatable bonds is 0. The minimum absolute atomic E-state index is 0.672. The third-order valence-corrected chi connectivity index (χ3v) is 1.88. The number of carbonyl (C=O) groups is 1. The van der Waals surface area contributed by atoms with Crippen molar-refractivity contribution in [2.24, 2.45) is 0 Å². The van der Waals surface area contributed by atoms with E-state index in [1.807, 2.05) is 25.0 Å². The van der Waals surface area contributed by atoms with Crippen LogP contribution in [0.25, 0.3) is 11.0 Å². The van der Waals surface area contributed by atoms with Gasteiger partial charge in [-0.1, -0.05) is 11.6 Å². The smallest absolute Gasteiger partial charge is 0.158 e. The van der Waals surface area contributed by atoms with Crippen molar-refractivity contribution < 1.29 is 9.21 Å². The van der Waals surface area contributed by atoms with Gasteiger partial charge in [0.05, 0.1) is 0 Å². The van der Waals surface area contributed by atoms with Crippen LogP contribution in [0.2, 0.25) is 0 Å². The summed E-state index contributed by atoms with van der Waals surface area (Å²) in [4.78, 5) is 8.00. The predicted octanol–water partition coefficient (Wildman–Crippen LogP) is 2.85. The first-order valence-electron chi connectivity index (χ1n) is 3.74. The van der Waals surface area contributed by atoms with Crippen LogP contribution in [0.5, 0.6) is 0 Å². The maximum atomic E-state index is 8.00. The van der Waals surface area contributed by atoms with Crippen molar-refractivity contribution >= 4 is 30.4 Å². The third kappa shape index (κ3) is 2.12. The molecule has 68 valence electrons. The van der Waals surface area contributed by atoms with Crippen LogP contribution in [0.15, 0.2) is 33.8 Å². The summed E-state index contributed by atoms with van der Waals surface area (Å²) in [5, 5.41) is 1.79. The fourth-order valence-electron chi connectivity index (χ4n) is 1.15. The molecule has 0 saturated carbocycles. The summed E-state index contributed by atoms with van der Waals surface area (Å²) in [7, 11) is 0. The van der Waals surface area contributed by atoms with Crippen LogP contribution in [0.1, 0.15) is 5.56 Å². The number of thiol groups is 1. The lowest BCUT2D eigenvalue weighted by Gasteiger charge is -1.89. The number of hydrogen-bond acceptors (Lipinski definition) is 3. The molecular formula is C10H10O2S. The average molecular weight is 194 g/mol. The predicted molar refractivity (Wildman–Crippen MR) is 55.3 cm³/mol. The Hall–Kier alpha value is -1.22. The molecule has 3 heteroatoms. The Morgan fingerprint density at radius 2 is 2.00 bits per heavy atom. The van der Waals surface area contributed by atoms with E-state index in [2.05, 4.69) is 25.6 Å². The van der Waals surface area contributed by atoms with Crippen LogP contribution >= 0.6 is 12.6 Å². The quantitative estimate of drug-likeness (QED) is 0.653. The van der Waals surface area contributed by atoms with Gasteiger partial charge in [-0.3, -0.25) is 0 Å². The van der Waals surface area contributed by atoms with Gasteiger partial charge in [-0.05, 0) is 25.1 Å². The Bertz CT molecular complexity index is 406. The van der Waals surface area contributed by atoms with E-state index >= 15 is 0 Å². The second-order valence-electron chi connectivity index (χ2n) is 2.63. The maximum absolute atomic E-state index is 8.00. The van der Waals surface area contributed by atoms with Crippen LogP contribution in [0, 0.1) is 6.92 Å². The van der Waals surface area contributed by atoms with Crippen LogP contribution in [0.4, 0.5) is 0 Å². The molecule has 0 saturated heterocycles. The summed E-state index contributed by atoms with van der Waals surface area (Å²) in [6, 6.07) is 7.99. The molecule has 0 aliphatic heterocycles. The Kier molecular flexibility index (Phi) is 3.14. The van der Waals surface area contributed by atoms with E-state index < -0.39 is 0 Å². The van der Waals surface area contributed by atoms with Gasteiger partial charge in [0.1, 0.15) is 12.4 Å². The Morgan fingerprint density at radius 1 is 1.31 bits per heavy atom. The van der Waals surface area contributed by atoms with Gasteiger partial charge < -0.3 is 9.21 Å². The van der Waals surface area contributed by atoms with Crippen LogP contribution in [-0.2, 0) is 4.79 Å². The minimum Gasteiger partial charge on any atom is -0.450 e. The number of aryl methyl sites for hydroxylation is 1. The van der Waals surface area contributed by atoms with Crippen molar-refractivity contribution in [2.75, 3.05) is 0 Å². The van der Waals surface area contributed by atoms with Gasteiger partial charge in [0, 0.05) is 5.39 Å². The fraction of sp³-hybridized carbons (Fsp3) is 0.100. The topological polar surface area (TPSA) is 30.2 Å². The van der Waals surface area contributed by atoms with Crippen molar-refractivity contribution in [3.63, 3.8) is 0 Å². The molecule has 0 spiro atoms. The summed E-state index contributed by atoms with van der Waals surface area (Å²) in [6.07, 6.45) is 0. The zero-order valence-electron chi connectivity index (χ0n) is 7.28. The zero-order chi connectivity index (χ0) is 9.84. The molecule has 0 bridgehead atoms. The highest BCUT2D eigenvalue weighted by atomic mass is 32.1. The monoisotopic (exact) mass is 194 g/mol. The molecule has 1 heterocycles. The number of carbonyl (C=O) groups excluding carboxylic acids is 1. The van der Waals surface area contributed by atoms with Crippen molar-refractivity contribution in [3.8, 4) is 0 Å². The lowest BCUT2D eigenvalue weighted by atomic mass is 10.2. The third-order valence-electron chi connectivity index (χ3n) is 1.66. The van der Waals surface area contributed by atoms with Gasteiger partial charge in [0.2, 0.25) is 0 Å². The molecule has 1 aromatic heterocycles. The van der Waals surface area contributed by atoms with Crippen molar-refractivity contribution in [2.45, 2.75) is 12.0 Å². The summed E-state index contributed by atoms with van der Waals surface area (Å²) in [5.41, 5.74) is 2.15. The highest BCUT2D eigenvalue weighted by Crippen LogP contribution is 2.22. The van der Waals surface area contributed by atoms with Crippen molar-refractivity contribution in [1.82, 2.24) is 0 Å². The molecule has 0 atom stereocenters. The molecule has 0 unspecified atom stereocenters. The SMILES string of the molecule is C=O.Cc1ccc2oc(S)cc2c1. The first-order valence-corrected chi connectivity index (χ1v) is 4.18. The van der Waals surface area contributed by atoms with Gasteiger partial charge in [-0.25, -0.2) is 0 Å². The number of hydrogen-bond donors (Lipinski definition) is 1. The van der Waals surface area contributed by atoms with E-state index in [0.717, 1.165) is 11.0 Å². The van der Waals surface area contributed by atoms with Crippen LogP contribution in [0.3, 0.4) is 0 Å². The van der Waals surface area contributed by atoms with Gasteiger partial charge in [-0.15, -0.1) is 12.6 Å². The standard InChI is InChI=1S/C9H8OS.CH2O/c1-6-2-3-8-7(4-6)5-9(11)10-8;1-2/h2-5,11H,1H3;1H2. The molecule has 2 nitrogen and oxygen atoms in total. The number of furan rings is 1. The van der Waals surface area contributed by atoms with E-state index in [9.17, 15) is 0 Å². The largest absolute Gasteiger partial charge is 0.450 e. The second kappa shape index (κ2) is 4.14. The summed E-state index contributed by atoms with van der Waals surface area (Å²) < 4.78 is 5.29. The summed E-state index contributed by atoms with van der Waals surface area (Å²) in [5.74, 6) is 0. The first-order chi connectivity index (χ1) is 6.25. The highest BCUT2D eigenvalue weighted by molar-refractivity contribution is 7.80. The molecule has 2 rings (SSSR count). The normalized spacial score (nSPS) is 9.38. The average Bonchev–Trinajstić information content (AvgIpc) is 2.48. The first kappa shape index (κ1) is 9.86. The van der Waals surface area contributed by atoms with E-state index in [1.54, 1.807) is 0 Å². The number of benzene rings is 1. The molecule has 0 radical (unpaired) electrons. The molecule has 0 N–H and O–H groups in total. The van der Waals surface area contributed by atoms with E-state index in [4.69, 9.17) is 9.21 Å². The van der Waals surface area contributed by atoms with Crippen molar-refractivity contribution in [1.29, 1.82) is 0 Å². The molecule has 0 fully saturated rings. The van der Waals surface area contributed by atoms with E-state index in [0.29, 0.717) is 5.09 Å². The molecule has 0 aliphatic carbocycles. The Labute approximate surface area is 82.0 Å². The molecular weight excluding hydrogens is 184 g/mol. The second-order valence-corrected chi connectivity index (χ2v) is 3.07. The lowest BCUT2D eigenvalue weighted by molar-refractivity contribution is -0.0979. The zero-order valence-corrected chi connectivity index (χ0v) is 8.17. The summed E-state index contributed by atoms with van der Waals surface area (Å²) >= 11 is 4.11. The van der Waals surface area contributed by atoms with Crippen LogP contribution < -0.4 is 0 Å². The van der Waals surface area contributed by atoms with E-state index in [1.165, 1.54) is 5.56 Å². The molecule has 0 amide bonds. The fourth-order valence-corrected chi connectivity index (χ4v) is 1.39. The van der Waals surface area contributed by atoms with Gasteiger partial charge in [-0.2, -0.15) is 0 Å². The summed E-state index contributed by atoms with van der Waals surface area (Å²) in [6.45, 7) is 4.06. The highest BCUT2D eigenvalue weighted by Gasteiger charge is 1.98. The molecule has 13 heavy (non-hydrogen) atoms. The minimum atomic E-state index is 0.672. The molecule has 2 aromatic rings. The van der Waals surface area contributed by atoms with E-state index in [-0.39, 0.29) is 0 Å². The van der Waals surface area contributed by atoms with Gasteiger partial charge in [0.25, 0.3) is 0 Å². The van der Waals surface area contributed by atoms with Crippen molar-refractivity contribution in [3.05, 3.63) is 29.8 Å². The van der Waals surface area contributed by atoms with Crippen LogP contribution in [-0.4, -0.2) is 6.79 Å². The Morgan fingerprint density at radius 3 is 2.69 bits per heavy atom. The maximum Gasteiger partial charge on any atom is 0.158 e.